The highest BCUT2D eigenvalue weighted by Crippen LogP contribution is 2.22. The number of amides is 1. The first-order valence-electron chi connectivity index (χ1n) is 6.58. The fourth-order valence-corrected chi connectivity index (χ4v) is 2.15. The molecular weight excluding hydrogens is 266 g/mol. The Morgan fingerprint density at radius 2 is 2.00 bits per heavy atom. The second-order valence-corrected chi connectivity index (χ2v) is 4.82. The number of nitrogens with two attached hydrogens (primary N) is 2. The van der Waals surface area contributed by atoms with Crippen LogP contribution >= 0.6 is 0 Å². The molecule has 0 radical (unpaired) electrons. The summed E-state index contributed by atoms with van der Waals surface area (Å²) in [6.45, 7) is 2.49. The van der Waals surface area contributed by atoms with E-state index in [-0.39, 0.29) is 0 Å². The van der Waals surface area contributed by atoms with Gasteiger partial charge in [-0.1, -0.05) is 6.07 Å². The van der Waals surface area contributed by atoms with Crippen LogP contribution in [0.2, 0.25) is 0 Å². The zero-order chi connectivity index (χ0) is 15.4. The number of nitrogens with one attached hydrogen (secondary N) is 1. The summed E-state index contributed by atoms with van der Waals surface area (Å²) in [5, 5.41) is 3.28. The Hall–Kier alpha value is -2.69. The monoisotopic (exact) mass is 285 g/mol. The number of nitrogen functional groups attached to an aromatic ring is 1. The van der Waals surface area contributed by atoms with Gasteiger partial charge in [0.05, 0.1) is 12.8 Å². The molecule has 110 valence electrons. The lowest BCUT2D eigenvalue weighted by Gasteiger charge is -2.11. The van der Waals surface area contributed by atoms with E-state index in [0.29, 0.717) is 23.5 Å². The lowest BCUT2D eigenvalue weighted by Crippen LogP contribution is -2.12. The molecule has 0 atom stereocenters. The number of carbonyl (C=O) groups is 1. The first-order chi connectivity index (χ1) is 10.0. The second-order valence-electron chi connectivity index (χ2n) is 4.82. The lowest BCUT2D eigenvalue weighted by molar-refractivity contribution is 0.1000. The van der Waals surface area contributed by atoms with Crippen LogP contribution in [0.3, 0.4) is 0 Å². The summed E-state index contributed by atoms with van der Waals surface area (Å²) in [6, 6.07) is 11.1. The highest BCUT2D eigenvalue weighted by atomic mass is 16.5. The highest BCUT2D eigenvalue weighted by molar-refractivity contribution is 5.94. The predicted octanol–water partition coefficient (Wildman–Crippen LogP) is 2.30. The largest absolute Gasteiger partial charge is 0.495 e. The molecule has 0 spiro atoms. The average Bonchev–Trinajstić information content (AvgIpc) is 2.45. The van der Waals surface area contributed by atoms with Gasteiger partial charge in [0.1, 0.15) is 5.75 Å². The van der Waals surface area contributed by atoms with Crippen LogP contribution in [0.15, 0.2) is 36.4 Å². The molecule has 2 aromatic carbocycles. The third-order valence-corrected chi connectivity index (χ3v) is 3.28. The van der Waals surface area contributed by atoms with E-state index in [1.54, 1.807) is 13.2 Å². The van der Waals surface area contributed by atoms with Crippen LogP contribution in [0, 0.1) is 6.92 Å². The molecule has 2 aromatic rings. The van der Waals surface area contributed by atoms with E-state index in [0.717, 1.165) is 16.8 Å². The van der Waals surface area contributed by atoms with Gasteiger partial charge >= 0.3 is 0 Å². The molecule has 21 heavy (non-hydrogen) atoms. The number of carbonyl (C=O) groups excluding carboxylic acids is 1. The molecule has 5 heteroatoms. The Morgan fingerprint density at radius 3 is 2.57 bits per heavy atom. The first-order valence-corrected chi connectivity index (χ1v) is 6.58. The molecule has 0 unspecified atom stereocenters. The number of methoxy groups -OCH3 is 1. The van der Waals surface area contributed by atoms with Crippen molar-refractivity contribution in [3.8, 4) is 5.75 Å². The molecule has 5 N–H and O–H groups in total. The van der Waals surface area contributed by atoms with E-state index in [2.05, 4.69) is 5.32 Å². The Bertz CT molecular complexity index is 669. The van der Waals surface area contributed by atoms with Crippen molar-refractivity contribution in [1.29, 1.82) is 0 Å². The molecule has 2 rings (SSSR count). The van der Waals surface area contributed by atoms with E-state index >= 15 is 0 Å². The number of rotatable bonds is 5. The van der Waals surface area contributed by atoms with Crippen LogP contribution in [-0.2, 0) is 6.54 Å². The molecule has 0 aliphatic heterocycles. The summed E-state index contributed by atoms with van der Waals surface area (Å²) in [7, 11) is 1.59. The van der Waals surface area contributed by atoms with Crippen molar-refractivity contribution in [2.24, 2.45) is 5.73 Å². The van der Waals surface area contributed by atoms with Gasteiger partial charge in [-0.3, -0.25) is 4.79 Å². The third kappa shape index (κ3) is 3.45. The molecule has 0 aromatic heterocycles. The summed E-state index contributed by atoms with van der Waals surface area (Å²) >= 11 is 0. The van der Waals surface area contributed by atoms with Crippen LogP contribution in [-0.4, -0.2) is 13.0 Å². The van der Waals surface area contributed by atoms with Gasteiger partial charge in [-0.15, -0.1) is 0 Å². The molecular formula is C16H19N3O2. The van der Waals surface area contributed by atoms with Crippen LogP contribution in [0.1, 0.15) is 21.5 Å². The minimum atomic E-state index is -0.415. The maximum atomic E-state index is 11.2. The molecule has 0 heterocycles. The maximum Gasteiger partial charge on any atom is 0.248 e. The fraction of sp³-hybridized carbons (Fsp3) is 0.188. The quantitative estimate of drug-likeness (QED) is 0.735. The number of ether oxygens (including phenoxy) is 1. The summed E-state index contributed by atoms with van der Waals surface area (Å²) < 4.78 is 5.12. The molecule has 0 bridgehead atoms. The number of hydrogen-bond acceptors (Lipinski definition) is 4. The Balaban J connectivity index is 2.08. The SMILES string of the molecule is COc1ccc(CNc2ccc(C(N)=O)c(C)c2)cc1N. The smallest absolute Gasteiger partial charge is 0.248 e. The van der Waals surface area contributed by atoms with E-state index in [9.17, 15) is 4.79 Å². The number of primary amides is 1. The topological polar surface area (TPSA) is 90.4 Å². The minimum Gasteiger partial charge on any atom is -0.495 e. The standard InChI is InChI=1S/C16H19N3O2/c1-10-7-12(4-5-13(10)16(18)20)19-9-11-3-6-15(21-2)14(17)8-11/h3-8,19H,9,17H2,1-2H3,(H2,18,20). The summed E-state index contributed by atoms with van der Waals surface area (Å²) in [5.74, 6) is 0.252. The Kier molecular flexibility index (Phi) is 4.33. The normalized spacial score (nSPS) is 10.2. The van der Waals surface area contributed by atoms with Crippen molar-refractivity contribution in [1.82, 2.24) is 0 Å². The van der Waals surface area contributed by atoms with Crippen molar-refractivity contribution in [3.05, 3.63) is 53.1 Å². The summed E-state index contributed by atoms with van der Waals surface area (Å²) in [5.41, 5.74) is 15.1. The number of aryl methyl sites for hydroxylation is 1. The number of benzene rings is 2. The molecule has 0 fully saturated rings. The van der Waals surface area contributed by atoms with Crippen LogP contribution in [0.25, 0.3) is 0 Å². The molecule has 0 aliphatic carbocycles. The van der Waals surface area contributed by atoms with Crippen molar-refractivity contribution >= 4 is 17.3 Å². The zero-order valence-corrected chi connectivity index (χ0v) is 12.1. The molecule has 0 saturated heterocycles. The van der Waals surface area contributed by atoms with Crippen LogP contribution < -0.4 is 21.5 Å². The van der Waals surface area contributed by atoms with Crippen molar-refractivity contribution in [2.75, 3.05) is 18.2 Å². The lowest BCUT2D eigenvalue weighted by atomic mass is 10.1. The highest BCUT2D eigenvalue weighted by Gasteiger charge is 2.05. The van der Waals surface area contributed by atoms with Crippen LogP contribution in [0.4, 0.5) is 11.4 Å². The van der Waals surface area contributed by atoms with Gasteiger partial charge in [0.25, 0.3) is 0 Å². The van der Waals surface area contributed by atoms with Gasteiger partial charge in [-0.05, 0) is 48.4 Å². The number of hydrogen-bond donors (Lipinski definition) is 3. The first kappa shape index (κ1) is 14.7. The minimum absolute atomic E-state index is 0.415. The Morgan fingerprint density at radius 1 is 1.24 bits per heavy atom. The molecule has 0 aliphatic rings. The third-order valence-electron chi connectivity index (χ3n) is 3.28. The van der Waals surface area contributed by atoms with Gasteiger partial charge in [0.2, 0.25) is 5.91 Å². The zero-order valence-electron chi connectivity index (χ0n) is 12.1. The van der Waals surface area contributed by atoms with E-state index < -0.39 is 5.91 Å². The average molecular weight is 285 g/mol. The van der Waals surface area contributed by atoms with Crippen molar-refractivity contribution in [2.45, 2.75) is 13.5 Å². The Labute approximate surface area is 123 Å². The maximum absolute atomic E-state index is 11.2. The van der Waals surface area contributed by atoms with Gasteiger partial charge in [0.15, 0.2) is 0 Å². The number of anilines is 2. The van der Waals surface area contributed by atoms with E-state index in [4.69, 9.17) is 16.2 Å². The molecule has 1 amide bonds. The van der Waals surface area contributed by atoms with Crippen molar-refractivity contribution in [3.63, 3.8) is 0 Å². The van der Waals surface area contributed by atoms with E-state index in [1.807, 2.05) is 37.3 Å². The van der Waals surface area contributed by atoms with Gasteiger partial charge < -0.3 is 21.5 Å². The summed E-state index contributed by atoms with van der Waals surface area (Å²) in [4.78, 5) is 11.2. The molecule has 5 nitrogen and oxygen atoms in total. The predicted molar refractivity (Wildman–Crippen MR) is 84.4 cm³/mol. The van der Waals surface area contributed by atoms with Crippen molar-refractivity contribution < 1.29 is 9.53 Å². The van der Waals surface area contributed by atoms with Gasteiger partial charge in [-0.25, -0.2) is 0 Å². The molecule has 0 saturated carbocycles. The van der Waals surface area contributed by atoms with Crippen LogP contribution in [0.5, 0.6) is 5.75 Å². The fourth-order valence-electron chi connectivity index (χ4n) is 2.15. The van der Waals surface area contributed by atoms with E-state index in [1.165, 1.54) is 0 Å². The summed E-state index contributed by atoms with van der Waals surface area (Å²) in [6.07, 6.45) is 0. The van der Waals surface area contributed by atoms with Gasteiger partial charge in [-0.2, -0.15) is 0 Å². The van der Waals surface area contributed by atoms with Gasteiger partial charge in [0, 0.05) is 17.8 Å². The second kappa shape index (κ2) is 6.17.